The number of rotatable bonds is 10. The molecule has 39 heavy (non-hydrogen) atoms. The fourth-order valence-electron chi connectivity index (χ4n) is 4.22. The highest BCUT2D eigenvalue weighted by atomic mass is 32.1. The summed E-state index contributed by atoms with van der Waals surface area (Å²) in [6, 6.07) is 12.2. The second-order valence-electron chi connectivity index (χ2n) is 9.49. The average Bonchev–Trinajstić information content (AvgIpc) is 3.32. The van der Waals surface area contributed by atoms with Gasteiger partial charge in [0.25, 0.3) is 5.91 Å². The van der Waals surface area contributed by atoms with Crippen LogP contribution in [0.3, 0.4) is 0 Å². The van der Waals surface area contributed by atoms with Crippen LogP contribution in [0.1, 0.15) is 64.5 Å². The Kier molecular flexibility index (Phi) is 9.79. The Balaban J connectivity index is 1.76. The Bertz CT molecular complexity index is 1280. The molecule has 6 nitrogen and oxygen atoms in total. The molecular weight excluding hydrogens is 531 g/mol. The summed E-state index contributed by atoms with van der Waals surface area (Å²) in [5.74, 6) is -0.480. The van der Waals surface area contributed by atoms with Gasteiger partial charge in [-0.2, -0.15) is 13.2 Å². The fraction of sp³-hybridized carbons (Fsp3) is 0.379. The lowest BCUT2D eigenvalue weighted by Gasteiger charge is -2.23. The lowest BCUT2D eigenvalue weighted by atomic mass is 9.94. The van der Waals surface area contributed by atoms with Gasteiger partial charge in [-0.1, -0.05) is 26.0 Å². The van der Waals surface area contributed by atoms with E-state index in [4.69, 9.17) is 9.47 Å². The minimum absolute atomic E-state index is 0.0455. The number of hydrogen-bond donors (Lipinski definition) is 2. The zero-order valence-corrected chi connectivity index (χ0v) is 23.2. The van der Waals surface area contributed by atoms with E-state index in [1.54, 1.807) is 19.1 Å². The molecule has 0 fully saturated rings. The van der Waals surface area contributed by atoms with Gasteiger partial charge in [0, 0.05) is 4.88 Å². The number of nitrogens with one attached hydrogen (secondary N) is 1. The Labute approximate surface area is 229 Å². The van der Waals surface area contributed by atoms with Crippen LogP contribution in [-0.4, -0.2) is 29.8 Å². The van der Waals surface area contributed by atoms with E-state index in [1.807, 2.05) is 39.8 Å². The van der Waals surface area contributed by atoms with E-state index in [0.29, 0.717) is 16.2 Å². The summed E-state index contributed by atoms with van der Waals surface area (Å²) in [4.78, 5) is 25.3. The van der Waals surface area contributed by atoms with E-state index >= 15 is 0 Å². The number of esters is 1. The van der Waals surface area contributed by atoms with Gasteiger partial charge in [0.05, 0.1) is 23.5 Å². The number of thiophene rings is 1. The molecule has 2 unspecified atom stereocenters. The van der Waals surface area contributed by atoms with Gasteiger partial charge in [-0.3, -0.25) is 9.59 Å². The average molecular weight is 564 g/mol. The minimum Gasteiger partial charge on any atom is -0.485 e. The summed E-state index contributed by atoms with van der Waals surface area (Å²) < 4.78 is 50.0. The van der Waals surface area contributed by atoms with Crippen LogP contribution in [0.15, 0.2) is 48.5 Å². The van der Waals surface area contributed by atoms with E-state index in [1.165, 1.54) is 23.5 Å². The van der Waals surface area contributed by atoms with E-state index in [9.17, 15) is 27.9 Å². The maximum atomic E-state index is 13.0. The third-order valence-corrected chi connectivity index (χ3v) is 7.12. The van der Waals surface area contributed by atoms with E-state index < -0.39 is 29.8 Å². The lowest BCUT2D eigenvalue weighted by molar-refractivity contribution is -0.145. The zero-order chi connectivity index (χ0) is 28.9. The molecule has 0 radical (unpaired) electrons. The van der Waals surface area contributed by atoms with Gasteiger partial charge in [-0.15, -0.1) is 11.3 Å². The molecule has 10 heteroatoms. The normalized spacial score (nSPS) is 13.2. The number of carbonyl (C=O) groups excluding carboxylic acids is 2. The number of amides is 1. The van der Waals surface area contributed by atoms with E-state index in [2.05, 4.69) is 5.32 Å². The number of alkyl halides is 3. The molecular formula is C29H32F3NO5S. The first-order chi connectivity index (χ1) is 18.3. The predicted octanol–water partition coefficient (Wildman–Crippen LogP) is 6.83. The van der Waals surface area contributed by atoms with Crippen molar-refractivity contribution in [2.24, 2.45) is 5.92 Å². The van der Waals surface area contributed by atoms with Crippen molar-refractivity contribution in [3.8, 4) is 16.9 Å². The first-order valence-electron chi connectivity index (χ1n) is 12.5. The van der Waals surface area contributed by atoms with Crippen LogP contribution >= 0.6 is 11.3 Å². The van der Waals surface area contributed by atoms with Crippen LogP contribution < -0.4 is 10.1 Å². The van der Waals surface area contributed by atoms with Crippen molar-refractivity contribution >= 4 is 23.2 Å². The molecule has 1 aromatic heterocycles. The Hall–Kier alpha value is -3.37. The molecule has 2 aromatic carbocycles. The summed E-state index contributed by atoms with van der Waals surface area (Å²) in [6.07, 6.45) is -6.49. The van der Waals surface area contributed by atoms with Gasteiger partial charge in [-0.05, 0) is 85.3 Å². The first kappa shape index (κ1) is 30.2. The number of benzene rings is 2. The molecule has 0 aliphatic carbocycles. The summed E-state index contributed by atoms with van der Waals surface area (Å²) >= 11 is 1.22. The van der Waals surface area contributed by atoms with Crippen molar-refractivity contribution in [3.05, 3.63) is 75.0 Å². The van der Waals surface area contributed by atoms with Crippen molar-refractivity contribution < 1.29 is 37.3 Å². The van der Waals surface area contributed by atoms with Crippen molar-refractivity contribution in [2.75, 3.05) is 6.61 Å². The van der Waals surface area contributed by atoms with E-state index in [0.717, 1.165) is 33.7 Å². The number of halogens is 3. The molecule has 0 aliphatic heterocycles. The summed E-state index contributed by atoms with van der Waals surface area (Å²) in [7, 11) is 0. The summed E-state index contributed by atoms with van der Waals surface area (Å²) in [6.45, 7) is 9.58. The fourth-order valence-corrected chi connectivity index (χ4v) is 5.34. The monoisotopic (exact) mass is 563 g/mol. The molecule has 2 atom stereocenters. The number of hydrogen-bond acceptors (Lipinski definition) is 6. The Morgan fingerprint density at radius 2 is 1.64 bits per heavy atom. The molecule has 0 spiro atoms. The van der Waals surface area contributed by atoms with Gasteiger partial charge in [-0.25, -0.2) is 0 Å². The molecule has 2 N–H and O–H groups in total. The third-order valence-electron chi connectivity index (χ3n) is 5.97. The standard InChI is InChI=1S/C29H32F3NO5S/c1-6-37-25(35)15-24(34)33-28(36)23-12-11-22(39-23)27(16(2)3)38-21-13-17(4)26(18(5)14-21)19-7-9-20(10-8-19)29(30,31)32/h7-14,16,24,27,34H,6,15H2,1-5H3,(H,33,36). The molecule has 210 valence electrons. The molecule has 3 rings (SSSR count). The van der Waals surface area contributed by atoms with Crippen LogP contribution in [0, 0.1) is 19.8 Å². The van der Waals surface area contributed by atoms with Gasteiger partial charge < -0.3 is 19.9 Å². The molecule has 3 aromatic rings. The highest BCUT2D eigenvalue weighted by Gasteiger charge is 2.30. The minimum atomic E-state index is -4.39. The first-order valence-corrected chi connectivity index (χ1v) is 13.3. The van der Waals surface area contributed by atoms with Crippen LogP contribution in [0.4, 0.5) is 13.2 Å². The Morgan fingerprint density at radius 3 is 2.18 bits per heavy atom. The van der Waals surface area contributed by atoms with Crippen LogP contribution in [0.2, 0.25) is 0 Å². The van der Waals surface area contributed by atoms with Crippen LogP contribution in [0.5, 0.6) is 5.75 Å². The molecule has 1 heterocycles. The molecule has 0 saturated heterocycles. The van der Waals surface area contributed by atoms with Crippen molar-refractivity contribution in [2.45, 2.75) is 59.5 Å². The van der Waals surface area contributed by atoms with Crippen molar-refractivity contribution in [1.82, 2.24) is 5.32 Å². The van der Waals surface area contributed by atoms with E-state index in [-0.39, 0.29) is 25.0 Å². The van der Waals surface area contributed by atoms with Crippen LogP contribution in [-0.2, 0) is 15.7 Å². The molecule has 1 amide bonds. The smallest absolute Gasteiger partial charge is 0.416 e. The molecule has 0 saturated carbocycles. The quantitative estimate of drug-likeness (QED) is 0.209. The number of aryl methyl sites for hydroxylation is 2. The van der Waals surface area contributed by atoms with Gasteiger partial charge in [0.1, 0.15) is 18.1 Å². The maximum absolute atomic E-state index is 13.0. The second kappa shape index (κ2) is 12.7. The van der Waals surface area contributed by atoms with Crippen molar-refractivity contribution in [1.29, 1.82) is 0 Å². The highest BCUT2D eigenvalue weighted by molar-refractivity contribution is 7.14. The number of aliphatic hydroxyl groups is 1. The second-order valence-corrected chi connectivity index (χ2v) is 10.6. The topological polar surface area (TPSA) is 84.9 Å². The molecule has 0 aliphatic rings. The van der Waals surface area contributed by atoms with Crippen molar-refractivity contribution in [3.63, 3.8) is 0 Å². The Morgan fingerprint density at radius 1 is 1.03 bits per heavy atom. The molecule has 0 bridgehead atoms. The summed E-state index contributed by atoms with van der Waals surface area (Å²) in [5.41, 5.74) is 2.54. The van der Waals surface area contributed by atoms with Gasteiger partial charge in [0.15, 0.2) is 0 Å². The number of ether oxygens (including phenoxy) is 2. The van der Waals surface area contributed by atoms with Crippen LogP contribution in [0.25, 0.3) is 11.1 Å². The predicted molar refractivity (Wildman–Crippen MR) is 144 cm³/mol. The SMILES string of the molecule is CCOC(=O)CC(O)NC(=O)c1ccc(C(Oc2cc(C)c(-c3ccc(C(F)(F)F)cc3)c(C)c2)C(C)C)s1. The van der Waals surface area contributed by atoms with Gasteiger partial charge in [0.2, 0.25) is 0 Å². The third kappa shape index (κ3) is 7.83. The van der Waals surface area contributed by atoms with Gasteiger partial charge >= 0.3 is 12.1 Å². The summed E-state index contributed by atoms with van der Waals surface area (Å²) in [5, 5.41) is 12.4. The highest BCUT2D eigenvalue weighted by Crippen LogP contribution is 2.37. The maximum Gasteiger partial charge on any atom is 0.416 e. The number of carbonyl (C=O) groups is 2. The number of aliphatic hydroxyl groups excluding tert-OH is 1. The lowest BCUT2D eigenvalue weighted by Crippen LogP contribution is -2.36. The zero-order valence-electron chi connectivity index (χ0n) is 22.4. The largest absolute Gasteiger partial charge is 0.485 e.